The van der Waals surface area contributed by atoms with Crippen molar-refractivity contribution in [2.75, 3.05) is 7.11 Å². The Morgan fingerprint density at radius 2 is 1.10 bits per heavy atom. The van der Waals surface area contributed by atoms with Crippen LogP contribution in [0.15, 0.2) is 115 Å². The zero-order valence-electron chi connectivity index (χ0n) is 18.4. The molecule has 31 heavy (non-hydrogen) atoms. The molecular formula is C29H28OSi. The van der Waals surface area contributed by atoms with Crippen LogP contribution in [0, 0.1) is 0 Å². The minimum atomic E-state index is -2.07. The molecule has 0 spiro atoms. The molecule has 2 heteroatoms. The van der Waals surface area contributed by atoms with Gasteiger partial charge in [-0.15, -0.1) is 0 Å². The van der Waals surface area contributed by atoms with Gasteiger partial charge in [-0.1, -0.05) is 121 Å². The fourth-order valence-corrected chi connectivity index (χ4v) is 7.38. The van der Waals surface area contributed by atoms with Gasteiger partial charge in [-0.05, 0) is 39.6 Å². The monoisotopic (exact) mass is 420 g/mol. The summed E-state index contributed by atoms with van der Waals surface area (Å²) in [5, 5.41) is 2.85. The van der Waals surface area contributed by atoms with Crippen LogP contribution in [0.1, 0.15) is 16.7 Å². The van der Waals surface area contributed by atoms with Gasteiger partial charge in [0, 0.05) is 0 Å². The van der Waals surface area contributed by atoms with E-state index in [1.165, 1.54) is 32.6 Å². The number of hydrogen-bond acceptors (Lipinski definition) is 1. The molecule has 0 radical (unpaired) electrons. The first-order valence-corrected chi connectivity index (χ1v) is 13.7. The van der Waals surface area contributed by atoms with Crippen molar-refractivity contribution in [2.24, 2.45) is 0 Å². The molecule has 4 rings (SSSR count). The van der Waals surface area contributed by atoms with E-state index in [0.717, 1.165) is 5.75 Å². The lowest BCUT2D eigenvalue weighted by Crippen LogP contribution is -2.43. The Morgan fingerprint density at radius 3 is 1.68 bits per heavy atom. The maximum Gasteiger partial charge on any atom is 0.119 e. The SMILES string of the molecule is COc1cccc(/C(=C(/c2ccccc2)[Si](C)(C)c2ccccc2)c2ccccc2)c1. The highest BCUT2D eigenvalue weighted by Crippen LogP contribution is 2.38. The van der Waals surface area contributed by atoms with E-state index >= 15 is 0 Å². The van der Waals surface area contributed by atoms with E-state index in [4.69, 9.17) is 4.74 Å². The molecule has 0 aromatic heterocycles. The maximum absolute atomic E-state index is 5.59. The fourth-order valence-electron chi connectivity index (χ4n) is 4.26. The Bertz CT molecular complexity index is 1160. The highest BCUT2D eigenvalue weighted by molar-refractivity contribution is 7.05. The Labute approximate surface area is 186 Å². The largest absolute Gasteiger partial charge is 0.497 e. The smallest absolute Gasteiger partial charge is 0.119 e. The quantitative estimate of drug-likeness (QED) is 0.246. The third-order valence-corrected chi connectivity index (χ3v) is 9.42. The van der Waals surface area contributed by atoms with Crippen LogP contribution >= 0.6 is 0 Å². The molecule has 0 N–H and O–H groups in total. The zero-order valence-corrected chi connectivity index (χ0v) is 19.4. The second kappa shape index (κ2) is 9.19. The van der Waals surface area contributed by atoms with E-state index in [9.17, 15) is 0 Å². The van der Waals surface area contributed by atoms with E-state index in [1.54, 1.807) is 7.11 Å². The molecule has 0 atom stereocenters. The Morgan fingerprint density at radius 1 is 0.581 bits per heavy atom. The van der Waals surface area contributed by atoms with Gasteiger partial charge >= 0.3 is 0 Å². The van der Waals surface area contributed by atoms with Crippen LogP contribution in [-0.4, -0.2) is 15.2 Å². The van der Waals surface area contributed by atoms with E-state index in [2.05, 4.69) is 122 Å². The average molecular weight is 421 g/mol. The second-order valence-corrected chi connectivity index (χ2v) is 12.5. The molecule has 0 aliphatic heterocycles. The van der Waals surface area contributed by atoms with Crippen LogP contribution < -0.4 is 9.92 Å². The van der Waals surface area contributed by atoms with Gasteiger partial charge in [0.2, 0.25) is 0 Å². The summed E-state index contributed by atoms with van der Waals surface area (Å²) in [6.45, 7) is 4.90. The van der Waals surface area contributed by atoms with Gasteiger partial charge in [0.15, 0.2) is 0 Å². The predicted octanol–water partition coefficient (Wildman–Crippen LogP) is 6.81. The number of rotatable bonds is 6. The molecule has 154 valence electrons. The summed E-state index contributed by atoms with van der Waals surface area (Å²) in [4.78, 5) is 0. The van der Waals surface area contributed by atoms with Crippen LogP contribution in [0.25, 0.3) is 10.8 Å². The normalized spacial score (nSPS) is 12.2. The van der Waals surface area contributed by atoms with Crippen molar-refractivity contribution in [3.63, 3.8) is 0 Å². The molecule has 0 fully saturated rings. The number of benzene rings is 4. The molecule has 0 bridgehead atoms. The van der Waals surface area contributed by atoms with Gasteiger partial charge in [0.1, 0.15) is 13.8 Å². The topological polar surface area (TPSA) is 9.23 Å². The minimum Gasteiger partial charge on any atom is -0.497 e. The summed E-state index contributed by atoms with van der Waals surface area (Å²) < 4.78 is 5.59. The van der Waals surface area contributed by atoms with Crippen molar-refractivity contribution in [3.8, 4) is 5.75 Å². The first-order chi connectivity index (χ1) is 15.1. The van der Waals surface area contributed by atoms with E-state index in [-0.39, 0.29) is 0 Å². The van der Waals surface area contributed by atoms with Crippen molar-refractivity contribution in [1.82, 2.24) is 0 Å². The summed E-state index contributed by atoms with van der Waals surface area (Å²) in [6.07, 6.45) is 0. The summed E-state index contributed by atoms with van der Waals surface area (Å²) in [5.41, 5.74) is 4.97. The first-order valence-electron chi connectivity index (χ1n) is 10.7. The summed E-state index contributed by atoms with van der Waals surface area (Å²) in [7, 11) is -0.339. The van der Waals surface area contributed by atoms with Crippen molar-refractivity contribution >= 4 is 24.0 Å². The minimum absolute atomic E-state index is 0.873. The highest BCUT2D eigenvalue weighted by Gasteiger charge is 2.32. The third-order valence-electron chi connectivity index (χ3n) is 5.85. The first kappa shape index (κ1) is 20.9. The van der Waals surface area contributed by atoms with Crippen LogP contribution in [-0.2, 0) is 0 Å². The van der Waals surface area contributed by atoms with Gasteiger partial charge in [0.05, 0.1) is 7.11 Å². The molecule has 0 unspecified atom stereocenters. The number of hydrogen-bond donors (Lipinski definition) is 0. The molecule has 4 aromatic rings. The standard InChI is InChI=1S/C29H28OSi/c1-30-26-19-13-18-25(22-26)28(23-14-7-4-8-15-23)29(24-16-9-5-10-17-24)31(2,3)27-20-11-6-12-21-27/h4-22H,1-3H3/b29-28-. The maximum atomic E-state index is 5.59. The Balaban J connectivity index is 2.11. The molecule has 0 aliphatic carbocycles. The molecule has 0 saturated heterocycles. The average Bonchev–Trinajstić information content (AvgIpc) is 2.84. The molecule has 0 aliphatic rings. The number of methoxy groups -OCH3 is 1. The molecule has 0 heterocycles. The summed E-state index contributed by atoms with van der Waals surface area (Å²) in [5.74, 6) is 0.873. The van der Waals surface area contributed by atoms with Gasteiger partial charge in [-0.2, -0.15) is 0 Å². The molecule has 0 saturated carbocycles. The van der Waals surface area contributed by atoms with Crippen molar-refractivity contribution in [3.05, 3.63) is 132 Å². The summed E-state index contributed by atoms with van der Waals surface area (Å²) >= 11 is 0. The third kappa shape index (κ3) is 4.40. The van der Waals surface area contributed by atoms with E-state index < -0.39 is 8.07 Å². The summed E-state index contributed by atoms with van der Waals surface area (Å²) in [6, 6.07) is 41.0. The van der Waals surface area contributed by atoms with Crippen molar-refractivity contribution in [1.29, 1.82) is 0 Å². The van der Waals surface area contributed by atoms with E-state index in [1.807, 2.05) is 6.07 Å². The lowest BCUT2D eigenvalue weighted by molar-refractivity contribution is 0.414. The van der Waals surface area contributed by atoms with Gasteiger partial charge in [0.25, 0.3) is 0 Å². The Hall–Kier alpha value is -3.36. The van der Waals surface area contributed by atoms with Gasteiger partial charge in [-0.3, -0.25) is 0 Å². The predicted molar refractivity (Wildman–Crippen MR) is 135 cm³/mol. The lowest BCUT2D eigenvalue weighted by Gasteiger charge is -2.31. The van der Waals surface area contributed by atoms with E-state index in [0.29, 0.717) is 0 Å². The van der Waals surface area contributed by atoms with Crippen LogP contribution in [0.2, 0.25) is 13.1 Å². The number of ether oxygens (including phenoxy) is 1. The zero-order chi connectivity index (χ0) is 21.7. The lowest BCUT2D eigenvalue weighted by atomic mass is 9.95. The highest BCUT2D eigenvalue weighted by atomic mass is 28.3. The molecular weight excluding hydrogens is 392 g/mol. The molecule has 4 aromatic carbocycles. The van der Waals surface area contributed by atoms with Gasteiger partial charge < -0.3 is 4.74 Å². The van der Waals surface area contributed by atoms with Crippen molar-refractivity contribution in [2.45, 2.75) is 13.1 Å². The van der Waals surface area contributed by atoms with Gasteiger partial charge in [-0.25, -0.2) is 0 Å². The molecule has 0 amide bonds. The fraction of sp³-hybridized carbons (Fsp3) is 0.103. The van der Waals surface area contributed by atoms with Crippen molar-refractivity contribution < 1.29 is 4.74 Å². The van der Waals surface area contributed by atoms with Crippen LogP contribution in [0.4, 0.5) is 0 Å². The molecule has 1 nitrogen and oxygen atoms in total. The Kier molecular flexibility index (Phi) is 6.20. The van der Waals surface area contributed by atoms with Crippen LogP contribution in [0.3, 0.4) is 0 Å². The van der Waals surface area contributed by atoms with Crippen LogP contribution in [0.5, 0.6) is 5.75 Å². The second-order valence-electron chi connectivity index (χ2n) is 8.21.